The Labute approximate surface area is 130 Å². The van der Waals surface area contributed by atoms with Gasteiger partial charge in [0.05, 0.1) is 0 Å². The minimum atomic E-state index is 0.470. The van der Waals surface area contributed by atoms with Crippen LogP contribution in [0.2, 0.25) is 0 Å². The highest BCUT2D eigenvalue weighted by Gasteiger charge is 2.24. The minimum absolute atomic E-state index is 0.470. The zero-order valence-electron chi connectivity index (χ0n) is 14.1. The molecule has 1 aliphatic heterocycles. The van der Waals surface area contributed by atoms with Gasteiger partial charge in [-0.05, 0) is 51.3 Å². The van der Waals surface area contributed by atoms with Gasteiger partial charge in [-0.25, -0.2) is 0 Å². The molecule has 118 valence electrons. The largest absolute Gasteiger partial charge is 0.309 e. The molecule has 0 amide bonds. The maximum atomic E-state index is 3.76. The number of benzene rings is 1. The Morgan fingerprint density at radius 1 is 1.19 bits per heavy atom. The van der Waals surface area contributed by atoms with E-state index in [1.165, 1.54) is 49.8 Å². The van der Waals surface area contributed by atoms with E-state index in [0.717, 1.165) is 19.1 Å². The van der Waals surface area contributed by atoms with Crippen LogP contribution < -0.4 is 5.32 Å². The van der Waals surface area contributed by atoms with Crippen LogP contribution >= 0.6 is 0 Å². The molecule has 0 bridgehead atoms. The molecule has 1 heterocycles. The summed E-state index contributed by atoms with van der Waals surface area (Å²) in [6.07, 6.45) is 6.64. The summed E-state index contributed by atoms with van der Waals surface area (Å²) in [5.74, 6) is 0. The molecule has 0 aromatic heterocycles. The topological polar surface area (TPSA) is 15.3 Å². The molecule has 0 aliphatic carbocycles. The van der Waals surface area contributed by atoms with Crippen LogP contribution in [0.25, 0.3) is 0 Å². The maximum absolute atomic E-state index is 3.76. The van der Waals surface area contributed by atoms with Crippen molar-refractivity contribution in [1.29, 1.82) is 0 Å². The average Bonchev–Trinajstić information content (AvgIpc) is 2.52. The second-order valence-corrected chi connectivity index (χ2v) is 6.47. The molecule has 0 spiro atoms. The quantitative estimate of drug-likeness (QED) is 0.804. The van der Waals surface area contributed by atoms with Crippen molar-refractivity contribution in [1.82, 2.24) is 10.2 Å². The average molecular weight is 288 g/mol. The van der Waals surface area contributed by atoms with E-state index in [-0.39, 0.29) is 0 Å². The van der Waals surface area contributed by atoms with Gasteiger partial charge in [0, 0.05) is 18.6 Å². The lowest BCUT2D eigenvalue weighted by Gasteiger charge is -2.38. The monoisotopic (exact) mass is 288 g/mol. The van der Waals surface area contributed by atoms with Crippen molar-refractivity contribution in [2.24, 2.45) is 0 Å². The van der Waals surface area contributed by atoms with Crippen molar-refractivity contribution in [2.45, 2.75) is 65.0 Å². The van der Waals surface area contributed by atoms with Gasteiger partial charge in [0.2, 0.25) is 0 Å². The molecule has 1 aromatic rings. The molecule has 2 heteroatoms. The lowest BCUT2D eigenvalue weighted by molar-refractivity contribution is 0.129. The summed E-state index contributed by atoms with van der Waals surface area (Å²) in [6.45, 7) is 10.3. The van der Waals surface area contributed by atoms with Crippen molar-refractivity contribution in [3.63, 3.8) is 0 Å². The fourth-order valence-corrected chi connectivity index (χ4v) is 3.40. The number of hydrogen-bond donors (Lipinski definition) is 1. The zero-order chi connectivity index (χ0) is 15.1. The molecule has 0 saturated carbocycles. The minimum Gasteiger partial charge on any atom is -0.309 e. The Hall–Kier alpha value is -0.860. The van der Waals surface area contributed by atoms with Crippen molar-refractivity contribution in [3.05, 3.63) is 35.4 Å². The van der Waals surface area contributed by atoms with Gasteiger partial charge >= 0.3 is 0 Å². The Balaban J connectivity index is 2.06. The van der Waals surface area contributed by atoms with Crippen LogP contribution in [0, 0.1) is 6.92 Å². The summed E-state index contributed by atoms with van der Waals surface area (Å²) in [5.41, 5.74) is 2.78. The molecule has 0 radical (unpaired) electrons. The number of rotatable bonds is 7. The first-order chi connectivity index (χ1) is 10.2. The third kappa shape index (κ3) is 4.82. The van der Waals surface area contributed by atoms with E-state index < -0.39 is 0 Å². The predicted molar refractivity (Wildman–Crippen MR) is 91.7 cm³/mol. The highest BCUT2D eigenvalue weighted by molar-refractivity contribution is 5.24. The molecule has 1 saturated heterocycles. The van der Waals surface area contributed by atoms with Gasteiger partial charge in [0.15, 0.2) is 0 Å². The highest BCUT2D eigenvalue weighted by Crippen LogP contribution is 2.23. The predicted octanol–water partition coefficient (Wildman–Crippen LogP) is 4.30. The van der Waals surface area contributed by atoms with Crippen LogP contribution in [0.5, 0.6) is 0 Å². The van der Waals surface area contributed by atoms with Gasteiger partial charge < -0.3 is 5.32 Å². The van der Waals surface area contributed by atoms with Crippen LogP contribution in [0.3, 0.4) is 0 Å². The number of piperidine rings is 1. The van der Waals surface area contributed by atoms with Crippen LogP contribution in [0.1, 0.15) is 63.1 Å². The Morgan fingerprint density at radius 2 is 1.95 bits per heavy atom. The van der Waals surface area contributed by atoms with Gasteiger partial charge in [-0.1, -0.05) is 50.1 Å². The third-order valence-corrected chi connectivity index (χ3v) is 4.76. The van der Waals surface area contributed by atoms with Gasteiger partial charge in [-0.3, -0.25) is 4.90 Å². The van der Waals surface area contributed by atoms with Gasteiger partial charge in [-0.15, -0.1) is 0 Å². The standard InChI is InChI=1S/C19H32N2/c1-4-13-20-19(17-11-9-16(3)10-12-17)15-21-14-7-6-8-18(21)5-2/h9-12,18-20H,4-8,13-15H2,1-3H3. The molecule has 2 nitrogen and oxygen atoms in total. The first-order valence-electron chi connectivity index (χ1n) is 8.78. The van der Waals surface area contributed by atoms with E-state index in [4.69, 9.17) is 0 Å². The Morgan fingerprint density at radius 3 is 2.62 bits per heavy atom. The van der Waals surface area contributed by atoms with Crippen molar-refractivity contribution in [2.75, 3.05) is 19.6 Å². The number of hydrogen-bond acceptors (Lipinski definition) is 2. The van der Waals surface area contributed by atoms with Gasteiger partial charge in [0.25, 0.3) is 0 Å². The van der Waals surface area contributed by atoms with Crippen molar-refractivity contribution >= 4 is 0 Å². The summed E-state index contributed by atoms with van der Waals surface area (Å²) in [7, 11) is 0. The van der Waals surface area contributed by atoms with E-state index >= 15 is 0 Å². The summed E-state index contributed by atoms with van der Waals surface area (Å²) in [5, 5.41) is 3.76. The maximum Gasteiger partial charge on any atom is 0.0449 e. The van der Waals surface area contributed by atoms with Crippen LogP contribution in [-0.2, 0) is 0 Å². The number of nitrogens with one attached hydrogen (secondary N) is 1. The van der Waals surface area contributed by atoms with Crippen molar-refractivity contribution in [3.8, 4) is 0 Å². The van der Waals surface area contributed by atoms with E-state index in [2.05, 4.69) is 55.3 Å². The second kappa shape index (κ2) is 8.55. The zero-order valence-corrected chi connectivity index (χ0v) is 14.1. The summed E-state index contributed by atoms with van der Waals surface area (Å²) in [4.78, 5) is 2.72. The molecule has 2 atom stereocenters. The normalized spacial score (nSPS) is 21.4. The number of nitrogens with zero attached hydrogens (tertiary/aromatic N) is 1. The first kappa shape index (κ1) is 16.5. The second-order valence-electron chi connectivity index (χ2n) is 6.47. The van der Waals surface area contributed by atoms with Gasteiger partial charge in [0.1, 0.15) is 0 Å². The highest BCUT2D eigenvalue weighted by atomic mass is 15.2. The smallest absolute Gasteiger partial charge is 0.0449 e. The fraction of sp³-hybridized carbons (Fsp3) is 0.684. The van der Waals surface area contributed by atoms with E-state index in [1.54, 1.807) is 0 Å². The fourth-order valence-electron chi connectivity index (χ4n) is 3.40. The molecule has 1 aromatic carbocycles. The summed E-state index contributed by atoms with van der Waals surface area (Å²) < 4.78 is 0. The molecule has 1 N–H and O–H groups in total. The molecule has 1 fully saturated rings. The van der Waals surface area contributed by atoms with Crippen LogP contribution in [-0.4, -0.2) is 30.6 Å². The molecular formula is C19H32N2. The third-order valence-electron chi connectivity index (χ3n) is 4.76. The first-order valence-corrected chi connectivity index (χ1v) is 8.78. The molecule has 21 heavy (non-hydrogen) atoms. The lowest BCUT2D eigenvalue weighted by Crippen LogP contribution is -2.44. The summed E-state index contributed by atoms with van der Waals surface area (Å²) >= 11 is 0. The lowest BCUT2D eigenvalue weighted by atomic mass is 9.97. The van der Waals surface area contributed by atoms with E-state index in [0.29, 0.717) is 6.04 Å². The van der Waals surface area contributed by atoms with E-state index in [9.17, 15) is 0 Å². The number of likely N-dealkylation sites (tertiary alicyclic amines) is 1. The number of aryl methyl sites for hydroxylation is 1. The SMILES string of the molecule is CCCNC(CN1CCCCC1CC)c1ccc(C)cc1. The van der Waals surface area contributed by atoms with Crippen LogP contribution in [0.15, 0.2) is 24.3 Å². The van der Waals surface area contributed by atoms with E-state index in [1.807, 2.05) is 0 Å². The molecular weight excluding hydrogens is 256 g/mol. The van der Waals surface area contributed by atoms with Gasteiger partial charge in [-0.2, -0.15) is 0 Å². The molecule has 1 aliphatic rings. The molecule has 2 unspecified atom stereocenters. The molecule has 2 rings (SSSR count). The summed E-state index contributed by atoms with van der Waals surface area (Å²) in [6, 6.07) is 10.3. The van der Waals surface area contributed by atoms with Crippen LogP contribution in [0.4, 0.5) is 0 Å². The Kier molecular flexibility index (Phi) is 6.72. The Bertz CT molecular complexity index is 399. The van der Waals surface area contributed by atoms with Crippen molar-refractivity contribution < 1.29 is 0 Å².